The van der Waals surface area contributed by atoms with Crippen LogP contribution in [0.3, 0.4) is 0 Å². The van der Waals surface area contributed by atoms with Gasteiger partial charge in [-0.2, -0.15) is 4.98 Å². The van der Waals surface area contributed by atoms with Crippen LogP contribution in [-0.2, 0) is 11.3 Å². The number of nitrogens with zero attached hydrogens (tertiary/aromatic N) is 3. The lowest BCUT2D eigenvalue weighted by atomic mass is 10.1. The third kappa shape index (κ3) is 3.12. The number of hydrogen-bond acceptors (Lipinski definition) is 4. The lowest BCUT2D eigenvalue weighted by Crippen LogP contribution is -2.27. The number of aromatic nitrogens is 2. The highest BCUT2D eigenvalue weighted by Crippen LogP contribution is 2.34. The molecule has 0 radical (unpaired) electrons. The molecule has 1 atom stereocenters. The molecule has 1 fully saturated rings. The molecule has 0 N–H and O–H groups in total. The molecule has 1 aliphatic heterocycles. The molecule has 0 bridgehead atoms. The normalized spacial score (nSPS) is 17.1. The van der Waals surface area contributed by atoms with Crippen LogP contribution in [0.5, 0.6) is 0 Å². The standard InChI is InChI=1S/C21H21N3O2/c1-14-7-9-16(10-8-14)20-22-21(26-23-20)18-11-12-19(25)24(18)13-17-6-4-3-5-15(17)2/h3-10,18H,11-13H2,1-2H3. The van der Waals surface area contributed by atoms with E-state index in [0.717, 1.165) is 11.1 Å². The first-order chi connectivity index (χ1) is 12.6. The Morgan fingerprint density at radius 2 is 1.88 bits per heavy atom. The predicted molar refractivity (Wildman–Crippen MR) is 98.2 cm³/mol. The molecule has 1 aliphatic rings. The minimum absolute atomic E-state index is 0.133. The van der Waals surface area contributed by atoms with Gasteiger partial charge in [-0.15, -0.1) is 0 Å². The van der Waals surface area contributed by atoms with Crippen LogP contribution in [0.1, 0.15) is 41.5 Å². The summed E-state index contributed by atoms with van der Waals surface area (Å²) in [5.41, 5.74) is 4.42. The van der Waals surface area contributed by atoms with E-state index in [9.17, 15) is 4.79 Å². The topological polar surface area (TPSA) is 59.2 Å². The largest absolute Gasteiger partial charge is 0.337 e. The van der Waals surface area contributed by atoms with Gasteiger partial charge in [-0.3, -0.25) is 4.79 Å². The van der Waals surface area contributed by atoms with Crippen molar-refractivity contribution in [3.05, 3.63) is 71.1 Å². The fourth-order valence-corrected chi connectivity index (χ4v) is 3.35. The van der Waals surface area contributed by atoms with Gasteiger partial charge in [0.2, 0.25) is 17.6 Å². The van der Waals surface area contributed by atoms with Crippen molar-refractivity contribution >= 4 is 5.91 Å². The molecule has 2 aromatic carbocycles. The molecule has 4 rings (SSSR count). The van der Waals surface area contributed by atoms with Gasteiger partial charge < -0.3 is 9.42 Å². The van der Waals surface area contributed by atoms with Crippen molar-refractivity contribution in [3.8, 4) is 11.4 Å². The monoisotopic (exact) mass is 347 g/mol. The van der Waals surface area contributed by atoms with E-state index in [2.05, 4.69) is 29.2 Å². The molecule has 132 valence electrons. The summed E-state index contributed by atoms with van der Waals surface area (Å²) in [5, 5.41) is 4.12. The summed E-state index contributed by atoms with van der Waals surface area (Å²) in [4.78, 5) is 18.8. The fraction of sp³-hybridized carbons (Fsp3) is 0.286. The summed E-state index contributed by atoms with van der Waals surface area (Å²) >= 11 is 0. The summed E-state index contributed by atoms with van der Waals surface area (Å²) in [6.45, 7) is 4.67. The second-order valence-electron chi connectivity index (χ2n) is 6.82. The van der Waals surface area contributed by atoms with Crippen molar-refractivity contribution in [2.24, 2.45) is 0 Å². The molecule has 0 aliphatic carbocycles. The number of rotatable bonds is 4. The molecular formula is C21H21N3O2. The van der Waals surface area contributed by atoms with Gasteiger partial charge in [-0.1, -0.05) is 59.3 Å². The van der Waals surface area contributed by atoms with Gasteiger partial charge in [-0.05, 0) is 31.4 Å². The Bertz CT molecular complexity index is 930. The first kappa shape index (κ1) is 16.5. The van der Waals surface area contributed by atoms with Crippen LogP contribution in [0.2, 0.25) is 0 Å². The van der Waals surface area contributed by atoms with Crippen molar-refractivity contribution < 1.29 is 9.32 Å². The van der Waals surface area contributed by atoms with Gasteiger partial charge in [-0.25, -0.2) is 0 Å². The maximum atomic E-state index is 12.4. The van der Waals surface area contributed by atoms with E-state index < -0.39 is 0 Å². The second kappa shape index (κ2) is 6.75. The third-order valence-electron chi connectivity index (χ3n) is 4.97. The smallest absolute Gasteiger partial charge is 0.249 e. The average Bonchev–Trinajstić information content (AvgIpc) is 3.25. The first-order valence-electron chi connectivity index (χ1n) is 8.86. The minimum atomic E-state index is -0.159. The van der Waals surface area contributed by atoms with Crippen LogP contribution in [0, 0.1) is 13.8 Å². The predicted octanol–water partition coefficient (Wildman–Crippen LogP) is 4.22. The Kier molecular flexibility index (Phi) is 4.29. The maximum absolute atomic E-state index is 12.4. The molecular weight excluding hydrogens is 326 g/mol. The van der Waals surface area contributed by atoms with Crippen molar-refractivity contribution in [1.29, 1.82) is 0 Å². The summed E-state index contributed by atoms with van der Waals surface area (Å²) in [5.74, 6) is 1.21. The quantitative estimate of drug-likeness (QED) is 0.709. The molecule has 26 heavy (non-hydrogen) atoms. The van der Waals surface area contributed by atoms with Crippen LogP contribution in [-0.4, -0.2) is 20.9 Å². The van der Waals surface area contributed by atoms with E-state index in [1.165, 1.54) is 11.1 Å². The van der Waals surface area contributed by atoms with Gasteiger partial charge in [0.1, 0.15) is 6.04 Å². The fourth-order valence-electron chi connectivity index (χ4n) is 3.35. The Hall–Kier alpha value is -2.95. The number of carbonyl (C=O) groups is 1. The van der Waals surface area contributed by atoms with Crippen molar-refractivity contribution in [3.63, 3.8) is 0 Å². The molecule has 0 spiro atoms. The number of aryl methyl sites for hydroxylation is 2. The lowest BCUT2D eigenvalue weighted by Gasteiger charge is -2.23. The zero-order valence-corrected chi connectivity index (χ0v) is 15.0. The molecule has 1 aromatic heterocycles. The van der Waals surface area contributed by atoms with Gasteiger partial charge in [0, 0.05) is 18.5 Å². The summed E-state index contributed by atoms with van der Waals surface area (Å²) in [6.07, 6.45) is 1.22. The molecule has 5 nitrogen and oxygen atoms in total. The third-order valence-corrected chi connectivity index (χ3v) is 4.97. The summed E-state index contributed by atoms with van der Waals surface area (Å²) < 4.78 is 5.52. The summed E-state index contributed by atoms with van der Waals surface area (Å²) in [7, 11) is 0. The molecule has 1 saturated heterocycles. The van der Waals surface area contributed by atoms with Gasteiger partial charge in [0.25, 0.3) is 0 Å². The number of carbonyl (C=O) groups excluding carboxylic acids is 1. The van der Waals surface area contributed by atoms with E-state index >= 15 is 0 Å². The van der Waals surface area contributed by atoms with Crippen LogP contribution in [0.15, 0.2) is 53.1 Å². The zero-order valence-electron chi connectivity index (χ0n) is 15.0. The first-order valence-corrected chi connectivity index (χ1v) is 8.86. The van der Waals surface area contributed by atoms with E-state index in [1.54, 1.807) is 0 Å². The van der Waals surface area contributed by atoms with E-state index in [-0.39, 0.29) is 11.9 Å². The van der Waals surface area contributed by atoms with Crippen LogP contribution >= 0.6 is 0 Å². The maximum Gasteiger partial charge on any atom is 0.249 e. The van der Waals surface area contributed by atoms with Crippen LogP contribution in [0.4, 0.5) is 0 Å². The van der Waals surface area contributed by atoms with Crippen LogP contribution < -0.4 is 0 Å². The van der Waals surface area contributed by atoms with E-state index in [4.69, 9.17) is 4.52 Å². The van der Waals surface area contributed by atoms with Gasteiger partial charge in [0.05, 0.1) is 0 Å². The van der Waals surface area contributed by atoms with Crippen molar-refractivity contribution in [2.75, 3.05) is 0 Å². The number of likely N-dealkylation sites (tertiary alicyclic amines) is 1. The SMILES string of the molecule is Cc1ccc(-c2noc(C3CCC(=O)N3Cc3ccccc3C)n2)cc1. The molecule has 2 heterocycles. The Morgan fingerprint density at radius 3 is 2.65 bits per heavy atom. The second-order valence-corrected chi connectivity index (χ2v) is 6.82. The molecule has 0 saturated carbocycles. The lowest BCUT2D eigenvalue weighted by molar-refractivity contribution is -0.130. The Labute approximate surface area is 152 Å². The zero-order chi connectivity index (χ0) is 18.1. The van der Waals surface area contributed by atoms with Crippen molar-refractivity contribution in [2.45, 2.75) is 39.3 Å². The van der Waals surface area contributed by atoms with Crippen molar-refractivity contribution in [1.82, 2.24) is 15.0 Å². The highest BCUT2D eigenvalue weighted by molar-refractivity contribution is 5.79. The average molecular weight is 347 g/mol. The highest BCUT2D eigenvalue weighted by Gasteiger charge is 2.36. The minimum Gasteiger partial charge on any atom is -0.337 e. The molecule has 3 aromatic rings. The Morgan fingerprint density at radius 1 is 1.12 bits per heavy atom. The number of hydrogen-bond donors (Lipinski definition) is 0. The molecule has 5 heteroatoms. The number of amides is 1. The van der Waals surface area contributed by atoms with Gasteiger partial charge in [0.15, 0.2) is 0 Å². The highest BCUT2D eigenvalue weighted by atomic mass is 16.5. The molecule has 1 unspecified atom stereocenters. The Balaban J connectivity index is 1.59. The summed E-state index contributed by atoms with van der Waals surface area (Å²) in [6, 6.07) is 16.0. The van der Waals surface area contributed by atoms with Crippen LogP contribution in [0.25, 0.3) is 11.4 Å². The number of benzene rings is 2. The molecule has 1 amide bonds. The van der Waals surface area contributed by atoms with Gasteiger partial charge >= 0.3 is 0 Å². The van der Waals surface area contributed by atoms with E-state index in [0.29, 0.717) is 31.1 Å². The van der Waals surface area contributed by atoms with E-state index in [1.807, 2.05) is 48.2 Å².